The lowest BCUT2D eigenvalue weighted by Gasteiger charge is -2.25. The van der Waals surface area contributed by atoms with Crippen molar-refractivity contribution in [2.75, 3.05) is 7.11 Å². The van der Waals surface area contributed by atoms with Crippen LogP contribution < -0.4 is 14.8 Å². The lowest BCUT2D eigenvalue weighted by Crippen LogP contribution is -2.37. The van der Waals surface area contributed by atoms with E-state index in [9.17, 15) is 18.7 Å². The van der Waals surface area contributed by atoms with Crippen molar-refractivity contribution in [2.24, 2.45) is 0 Å². The Morgan fingerprint density at radius 1 is 1.33 bits per heavy atom. The number of benzene rings is 1. The fraction of sp³-hybridized carbons (Fsp3) is 0.471. The molecular weight excluding hydrogens is 320 g/mol. The summed E-state index contributed by atoms with van der Waals surface area (Å²) in [5, 5.41) is 12.3. The Bertz CT molecular complexity index is 584. The first-order valence-corrected chi connectivity index (χ1v) is 7.78. The quantitative estimate of drug-likeness (QED) is 0.781. The Morgan fingerprint density at radius 3 is 2.67 bits per heavy atom. The fourth-order valence-electron chi connectivity index (χ4n) is 2.67. The molecule has 0 aliphatic heterocycles. The molecule has 132 valence electrons. The van der Waals surface area contributed by atoms with Gasteiger partial charge in [-0.05, 0) is 37.8 Å². The SMILES string of the molecule is COc1cccc(/C=C/C(=O)NC2CCC(O)CC2)c1OC(F)F. The fourth-order valence-corrected chi connectivity index (χ4v) is 2.67. The second-order valence-electron chi connectivity index (χ2n) is 5.60. The summed E-state index contributed by atoms with van der Waals surface area (Å²) in [7, 11) is 1.35. The van der Waals surface area contributed by atoms with Crippen LogP contribution in [-0.4, -0.2) is 36.9 Å². The summed E-state index contributed by atoms with van der Waals surface area (Å²) in [5.41, 5.74) is 0.323. The monoisotopic (exact) mass is 341 g/mol. The van der Waals surface area contributed by atoms with E-state index in [4.69, 9.17) is 4.74 Å². The molecule has 1 aliphatic rings. The molecule has 0 aromatic heterocycles. The van der Waals surface area contributed by atoms with Crippen molar-refractivity contribution >= 4 is 12.0 Å². The molecule has 5 nitrogen and oxygen atoms in total. The molecule has 0 spiro atoms. The molecule has 1 aromatic carbocycles. The standard InChI is InChI=1S/C17H21F2NO4/c1-23-14-4-2-3-11(16(14)24-17(18)19)5-10-15(22)20-12-6-8-13(21)9-7-12/h2-5,10,12-13,17,21H,6-9H2,1H3,(H,20,22)/b10-5+. The van der Waals surface area contributed by atoms with Gasteiger partial charge in [0.1, 0.15) is 0 Å². The van der Waals surface area contributed by atoms with Crippen LogP contribution in [-0.2, 0) is 4.79 Å². The van der Waals surface area contributed by atoms with E-state index < -0.39 is 6.61 Å². The molecule has 1 saturated carbocycles. The highest BCUT2D eigenvalue weighted by atomic mass is 19.3. The van der Waals surface area contributed by atoms with Crippen molar-refractivity contribution in [3.8, 4) is 11.5 Å². The minimum atomic E-state index is -2.99. The smallest absolute Gasteiger partial charge is 0.387 e. The van der Waals surface area contributed by atoms with E-state index in [-0.39, 0.29) is 29.6 Å². The number of para-hydroxylation sites is 1. The van der Waals surface area contributed by atoms with Crippen molar-refractivity contribution in [2.45, 2.75) is 44.4 Å². The minimum Gasteiger partial charge on any atom is -0.493 e. The molecule has 2 rings (SSSR count). The third-order valence-electron chi connectivity index (χ3n) is 3.89. The van der Waals surface area contributed by atoms with E-state index >= 15 is 0 Å². The van der Waals surface area contributed by atoms with Gasteiger partial charge in [-0.1, -0.05) is 12.1 Å². The van der Waals surface area contributed by atoms with Crippen LogP contribution in [0.2, 0.25) is 0 Å². The Kier molecular flexibility index (Phi) is 6.54. The molecule has 0 radical (unpaired) electrons. The molecule has 7 heteroatoms. The van der Waals surface area contributed by atoms with Gasteiger partial charge in [-0.3, -0.25) is 4.79 Å². The molecule has 24 heavy (non-hydrogen) atoms. The van der Waals surface area contributed by atoms with Crippen molar-refractivity contribution in [3.63, 3.8) is 0 Å². The van der Waals surface area contributed by atoms with Gasteiger partial charge >= 0.3 is 6.61 Å². The van der Waals surface area contributed by atoms with Gasteiger partial charge in [-0.25, -0.2) is 0 Å². The van der Waals surface area contributed by atoms with Crippen LogP contribution in [0, 0.1) is 0 Å². The number of aliphatic hydroxyl groups is 1. The van der Waals surface area contributed by atoms with Crippen LogP contribution in [0.15, 0.2) is 24.3 Å². The molecule has 0 heterocycles. The number of halogens is 2. The lowest BCUT2D eigenvalue weighted by atomic mass is 9.93. The molecule has 1 aliphatic carbocycles. The predicted octanol–water partition coefficient (Wildman–Crippen LogP) is 2.73. The number of rotatable bonds is 6. The Labute approximate surface area is 139 Å². The summed E-state index contributed by atoms with van der Waals surface area (Å²) in [6, 6.07) is 4.70. The van der Waals surface area contributed by atoms with Gasteiger partial charge in [0, 0.05) is 17.7 Å². The predicted molar refractivity (Wildman–Crippen MR) is 85.1 cm³/mol. The van der Waals surface area contributed by atoms with Crippen LogP contribution in [0.25, 0.3) is 6.08 Å². The summed E-state index contributed by atoms with van der Waals surface area (Å²) in [6.07, 6.45) is 5.16. The van der Waals surface area contributed by atoms with E-state index in [0.29, 0.717) is 18.4 Å². The second-order valence-corrected chi connectivity index (χ2v) is 5.60. The highest BCUT2D eigenvalue weighted by Gasteiger charge is 2.20. The molecule has 1 fully saturated rings. The average Bonchev–Trinajstić information content (AvgIpc) is 2.55. The number of amides is 1. The highest BCUT2D eigenvalue weighted by molar-refractivity contribution is 5.92. The topological polar surface area (TPSA) is 67.8 Å². The molecule has 1 amide bonds. The Balaban J connectivity index is 2.03. The molecule has 0 unspecified atom stereocenters. The van der Waals surface area contributed by atoms with Gasteiger partial charge in [0.2, 0.25) is 5.91 Å². The first-order valence-electron chi connectivity index (χ1n) is 7.78. The number of alkyl halides is 2. The highest BCUT2D eigenvalue weighted by Crippen LogP contribution is 2.33. The average molecular weight is 341 g/mol. The summed E-state index contributed by atoms with van der Waals surface area (Å²) in [6.45, 7) is -2.99. The van der Waals surface area contributed by atoms with Gasteiger partial charge in [0.25, 0.3) is 0 Å². The number of methoxy groups -OCH3 is 1. The first kappa shape index (κ1) is 18.2. The maximum atomic E-state index is 12.6. The number of carbonyl (C=O) groups excluding carboxylic acids is 1. The van der Waals surface area contributed by atoms with Gasteiger partial charge in [0.05, 0.1) is 13.2 Å². The Morgan fingerprint density at radius 2 is 2.04 bits per heavy atom. The number of carbonyl (C=O) groups is 1. The third kappa shape index (κ3) is 5.19. The van der Waals surface area contributed by atoms with Crippen molar-refractivity contribution in [1.29, 1.82) is 0 Å². The molecule has 0 bridgehead atoms. The molecule has 0 atom stereocenters. The number of nitrogens with one attached hydrogen (secondary N) is 1. The molecular formula is C17H21F2NO4. The van der Waals surface area contributed by atoms with E-state index in [2.05, 4.69) is 10.1 Å². The van der Waals surface area contributed by atoms with E-state index in [1.54, 1.807) is 12.1 Å². The molecule has 1 aromatic rings. The van der Waals surface area contributed by atoms with E-state index in [0.717, 1.165) is 12.8 Å². The zero-order chi connectivity index (χ0) is 17.5. The van der Waals surface area contributed by atoms with Crippen LogP contribution >= 0.6 is 0 Å². The second kappa shape index (κ2) is 8.63. The zero-order valence-corrected chi connectivity index (χ0v) is 13.4. The lowest BCUT2D eigenvalue weighted by molar-refractivity contribution is -0.117. The largest absolute Gasteiger partial charge is 0.493 e. The van der Waals surface area contributed by atoms with Crippen LogP contribution in [0.4, 0.5) is 8.78 Å². The van der Waals surface area contributed by atoms with Gasteiger partial charge in [-0.2, -0.15) is 8.78 Å². The number of aliphatic hydroxyl groups excluding tert-OH is 1. The molecule has 0 saturated heterocycles. The van der Waals surface area contributed by atoms with Crippen molar-refractivity contribution in [3.05, 3.63) is 29.8 Å². The third-order valence-corrected chi connectivity index (χ3v) is 3.89. The minimum absolute atomic E-state index is 0.0210. The van der Waals surface area contributed by atoms with Crippen LogP contribution in [0.5, 0.6) is 11.5 Å². The summed E-state index contributed by atoms with van der Waals surface area (Å²) in [5.74, 6) is -0.263. The molecule has 2 N–H and O–H groups in total. The van der Waals surface area contributed by atoms with Gasteiger partial charge < -0.3 is 19.9 Å². The normalized spacial score (nSPS) is 21.0. The maximum absolute atomic E-state index is 12.6. The summed E-state index contributed by atoms with van der Waals surface area (Å²) < 4.78 is 34.6. The van der Waals surface area contributed by atoms with Crippen molar-refractivity contribution < 1.29 is 28.2 Å². The maximum Gasteiger partial charge on any atom is 0.387 e. The number of hydrogen-bond donors (Lipinski definition) is 2. The van der Waals surface area contributed by atoms with Gasteiger partial charge in [0.15, 0.2) is 11.5 Å². The number of ether oxygens (including phenoxy) is 2. The zero-order valence-electron chi connectivity index (χ0n) is 13.4. The van der Waals surface area contributed by atoms with Crippen molar-refractivity contribution in [1.82, 2.24) is 5.32 Å². The Hall–Kier alpha value is -2.15. The van der Waals surface area contributed by atoms with Crippen LogP contribution in [0.1, 0.15) is 31.2 Å². The summed E-state index contributed by atoms with van der Waals surface area (Å²) in [4.78, 5) is 12.0. The van der Waals surface area contributed by atoms with Crippen LogP contribution in [0.3, 0.4) is 0 Å². The van der Waals surface area contributed by atoms with Gasteiger partial charge in [-0.15, -0.1) is 0 Å². The van der Waals surface area contributed by atoms with E-state index in [1.807, 2.05) is 0 Å². The summed E-state index contributed by atoms with van der Waals surface area (Å²) >= 11 is 0. The first-order chi connectivity index (χ1) is 11.5. The van der Waals surface area contributed by atoms with E-state index in [1.165, 1.54) is 25.3 Å². The number of hydrogen-bond acceptors (Lipinski definition) is 4.